The smallest absolute Gasteiger partial charge is 0.258 e. The third kappa shape index (κ3) is 2.63. The fourth-order valence-electron chi connectivity index (χ4n) is 1.47. The van der Waals surface area contributed by atoms with Crippen LogP contribution < -0.4 is 4.72 Å². The molecule has 0 unspecified atom stereocenters. The summed E-state index contributed by atoms with van der Waals surface area (Å²) >= 11 is 5.82. The standard InChI is InChI=1S/C10H11ClN2O4S/c1-6-9(11)4-8(5-10(6)13(14)15)18(16,17)12-7-2-3-7/h4-5,7,12H,2-3H2,1H3. The van der Waals surface area contributed by atoms with Crippen LogP contribution in [0.2, 0.25) is 5.02 Å². The third-order valence-corrected chi connectivity index (χ3v) is 4.59. The van der Waals surface area contributed by atoms with E-state index in [1.54, 1.807) is 0 Å². The van der Waals surface area contributed by atoms with Crippen LogP contribution in [-0.2, 0) is 10.0 Å². The molecule has 0 bridgehead atoms. The predicted octanol–water partition coefficient (Wildman–Crippen LogP) is 2.00. The summed E-state index contributed by atoms with van der Waals surface area (Å²) in [6.45, 7) is 1.48. The molecule has 0 aliphatic heterocycles. The zero-order valence-electron chi connectivity index (χ0n) is 9.51. The Labute approximate surface area is 109 Å². The van der Waals surface area contributed by atoms with E-state index in [9.17, 15) is 18.5 Å². The van der Waals surface area contributed by atoms with Crippen LogP contribution in [0.25, 0.3) is 0 Å². The quantitative estimate of drug-likeness (QED) is 0.678. The number of hydrogen-bond acceptors (Lipinski definition) is 4. The van der Waals surface area contributed by atoms with Crippen LogP contribution in [0, 0.1) is 17.0 Å². The van der Waals surface area contributed by atoms with Gasteiger partial charge in [0.2, 0.25) is 10.0 Å². The Morgan fingerprint density at radius 3 is 2.56 bits per heavy atom. The number of nitrogens with one attached hydrogen (secondary N) is 1. The van der Waals surface area contributed by atoms with Crippen molar-refractivity contribution < 1.29 is 13.3 Å². The molecule has 1 fully saturated rings. The SMILES string of the molecule is Cc1c(Cl)cc(S(=O)(=O)NC2CC2)cc1[N+](=O)[O-]. The molecule has 0 amide bonds. The van der Waals surface area contributed by atoms with Crippen molar-refractivity contribution in [1.29, 1.82) is 0 Å². The summed E-state index contributed by atoms with van der Waals surface area (Å²) in [5.41, 5.74) is -0.0364. The molecule has 1 N–H and O–H groups in total. The molecule has 0 heterocycles. The molecule has 0 aromatic heterocycles. The normalized spacial score (nSPS) is 15.7. The van der Waals surface area contributed by atoms with Gasteiger partial charge in [-0.15, -0.1) is 0 Å². The Kier molecular flexibility index (Phi) is 3.31. The molecule has 98 valence electrons. The Morgan fingerprint density at radius 2 is 2.06 bits per heavy atom. The monoisotopic (exact) mass is 290 g/mol. The number of halogens is 1. The van der Waals surface area contributed by atoms with Gasteiger partial charge in [-0.25, -0.2) is 13.1 Å². The molecule has 6 nitrogen and oxygen atoms in total. The predicted molar refractivity (Wildman–Crippen MR) is 66.2 cm³/mol. The second kappa shape index (κ2) is 4.49. The molecule has 0 saturated heterocycles. The molecular formula is C10H11ClN2O4S. The van der Waals surface area contributed by atoms with Gasteiger partial charge < -0.3 is 0 Å². The molecular weight excluding hydrogens is 280 g/mol. The van der Waals surface area contributed by atoms with Crippen molar-refractivity contribution in [2.75, 3.05) is 0 Å². The van der Waals surface area contributed by atoms with Crippen LogP contribution in [0.15, 0.2) is 17.0 Å². The van der Waals surface area contributed by atoms with Crippen molar-refractivity contribution in [2.45, 2.75) is 30.7 Å². The lowest BCUT2D eigenvalue weighted by Crippen LogP contribution is -2.25. The number of sulfonamides is 1. The number of benzene rings is 1. The summed E-state index contributed by atoms with van der Waals surface area (Å²) in [5, 5.41) is 10.9. The van der Waals surface area contributed by atoms with Crippen LogP contribution in [-0.4, -0.2) is 19.4 Å². The minimum Gasteiger partial charge on any atom is -0.258 e. The van der Waals surface area contributed by atoms with E-state index < -0.39 is 14.9 Å². The topological polar surface area (TPSA) is 89.3 Å². The van der Waals surface area contributed by atoms with Gasteiger partial charge in [-0.2, -0.15) is 0 Å². The zero-order valence-corrected chi connectivity index (χ0v) is 11.1. The molecule has 18 heavy (non-hydrogen) atoms. The lowest BCUT2D eigenvalue weighted by Gasteiger charge is -2.07. The van der Waals surface area contributed by atoms with Gasteiger partial charge in [0.05, 0.1) is 14.8 Å². The first-order chi connectivity index (χ1) is 8.31. The van der Waals surface area contributed by atoms with Crippen molar-refractivity contribution in [1.82, 2.24) is 4.72 Å². The number of hydrogen-bond donors (Lipinski definition) is 1. The second-order valence-corrected chi connectivity index (χ2v) is 6.32. The van der Waals surface area contributed by atoms with Gasteiger partial charge in [0.15, 0.2) is 0 Å². The van der Waals surface area contributed by atoms with Gasteiger partial charge in [-0.1, -0.05) is 11.6 Å². The molecule has 0 spiro atoms. The summed E-state index contributed by atoms with van der Waals surface area (Å²) < 4.78 is 26.3. The van der Waals surface area contributed by atoms with Crippen LogP contribution in [0.5, 0.6) is 0 Å². The van der Waals surface area contributed by atoms with Gasteiger partial charge >= 0.3 is 0 Å². The minimum atomic E-state index is -3.73. The highest BCUT2D eigenvalue weighted by Crippen LogP contribution is 2.30. The largest absolute Gasteiger partial charge is 0.275 e. The molecule has 1 aromatic rings. The van der Waals surface area contributed by atoms with E-state index in [-0.39, 0.29) is 27.2 Å². The van der Waals surface area contributed by atoms with Gasteiger partial charge in [0.25, 0.3) is 5.69 Å². The number of nitrogens with zero attached hydrogens (tertiary/aromatic N) is 1. The van der Waals surface area contributed by atoms with Gasteiger partial charge in [-0.05, 0) is 25.8 Å². The maximum Gasteiger partial charge on any atom is 0.275 e. The summed E-state index contributed by atoms with van der Waals surface area (Å²) in [6, 6.07) is 2.20. The van der Waals surface area contributed by atoms with Crippen LogP contribution in [0.4, 0.5) is 5.69 Å². The highest BCUT2D eigenvalue weighted by Gasteiger charge is 2.29. The Balaban J connectivity index is 2.48. The maximum absolute atomic E-state index is 11.9. The summed E-state index contributed by atoms with van der Waals surface area (Å²) in [6.07, 6.45) is 1.59. The summed E-state index contributed by atoms with van der Waals surface area (Å²) in [7, 11) is -3.73. The lowest BCUT2D eigenvalue weighted by atomic mass is 10.2. The van der Waals surface area contributed by atoms with Gasteiger partial charge in [0, 0.05) is 17.7 Å². The van der Waals surface area contributed by atoms with Crippen molar-refractivity contribution in [3.05, 3.63) is 32.8 Å². The molecule has 1 aromatic carbocycles. The summed E-state index contributed by atoms with van der Waals surface area (Å²) in [4.78, 5) is 10.0. The van der Waals surface area contributed by atoms with E-state index in [1.807, 2.05) is 0 Å². The first kappa shape index (κ1) is 13.3. The molecule has 8 heteroatoms. The fourth-order valence-corrected chi connectivity index (χ4v) is 3.10. The molecule has 1 saturated carbocycles. The average Bonchev–Trinajstić information content (AvgIpc) is 3.04. The average molecular weight is 291 g/mol. The highest BCUT2D eigenvalue weighted by atomic mass is 35.5. The second-order valence-electron chi connectivity index (χ2n) is 4.20. The number of nitro benzene ring substituents is 1. The van der Waals surface area contributed by atoms with Crippen molar-refractivity contribution in [3.63, 3.8) is 0 Å². The maximum atomic E-state index is 11.9. The molecule has 0 atom stereocenters. The summed E-state index contributed by atoms with van der Waals surface area (Å²) in [5.74, 6) is 0. The molecule has 0 radical (unpaired) electrons. The van der Waals surface area contributed by atoms with Crippen molar-refractivity contribution in [3.8, 4) is 0 Å². The van der Waals surface area contributed by atoms with E-state index in [2.05, 4.69) is 4.72 Å². The van der Waals surface area contributed by atoms with E-state index in [0.29, 0.717) is 0 Å². The number of nitro groups is 1. The van der Waals surface area contributed by atoms with Crippen LogP contribution in [0.3, 0.4) is 0 Å². The van der Waals surface area contributed by atoms with Gasteiger partial charge in [0.1, 0.15) is 0 Å². The fraction of sp³-hybridized carbons (Fsp3) is 0.400. The van der Waals surface area contributed by atoms with E-state index >= 15 is 0 Å². The van der Waals surface area contributed by atoms with Crippen LogP contribution in [0.1, 0.15) is 18.4 Å². The Bertz CT molecular complexity index is 611. The van der Waals surface area contributed by atoms with E-state index in [0.717, 1.165) is 18.9 Å². The highest BCUT2D eigenvalue weighted by molar-refractivity contribution is 7.89. The third-order valence-electron chi connectivity index (χ3n) is 2.70. The van der Waals surface area contributed by atoms with Crippen molar-refractivity contribution >= 4 is 27.3 Å². The Morgan fingerprint density at radius 1 is 1.44 bits per heavy atom. The van der Waals surface area contributed by atoms with Crippen molar-refractivity contribution in [2.24, 2.45) is 0 Å². The van der Waals surface area contributed by atoms with E-state index in [4.69, 9.17) is 11.6 Å². The first-order valence-electron chi connectivity index (χ1n) is 5.28. The minimum absolute atomic E-state index is 0.0610. The Hall–Kier alpha value is -1.18. The first-order valence-corrected chi connectivity index (χ1v) is 7.14. The molecule has 2 rings (SSSR count). The lowest BCUT2D eigenvalue weighted by molar-refractivity contribution is -0.385. The zero-order chi connectivity index (χ0) is 13.5. The molecule has 1 aliphatic rings. The molecule has 1 aliphatic carbocycles. The van der Waals surface area contributed by atoms with Gasteiger partial charge in [-0.3, -0.25) is 10.1 Å². The van der Waals surface area contributed by atoms with E-state index in [1.165, 1.54) is 13.0 Å². The van der Waals surface area contributed by atoms with Crippen LogP contribution >= 0.6 is 11.6 Å². The number of rotatable bonds is 4.